The fourth-order valence-electron chi connectivity index (χ4n) is 1.06. The Kier molecular flexibility index (Phi) is 2.35. The molecule has 0 aliphatic rings. The maximum absolute atomic E-state index is 11.4. The van der Waals surface area contributed by atoms with Gasteiger partial charge in [-0.3, -0.25) is 4.79 Å². The molecule has 78 valence electrons. The number of aryl methyl sites for hydroxylation is 1. The number of hydrogen-bond donors (Lipinski definition) is 2. The first-order valence-electron chi connectivity index (χ1n) is 3.93. The Morgan fingerprint density at radius 2 is 1.79 bits per heavy atom. The number of carbonyl (C=O) groups is 1. The molecule has 0 aliphatic heterocycles. The molecule has 1 rings (SSSR count). The first kappa shape index (κ1) is 11.0. The van der Waals surface area contributed by atoms with Gasteiger partial charge >= 0.3 is 0 Å². The van der Waals surface area contributed by atoms with E-state index in [9.17, 15) is 9.00 Å². The molecule has 0 unspecified atom stereocenters. The van der Waals surface area contributed by atoms with E-state index >= 15 is 0 Å². The molecule has 1 aromatic rings. The van der Waals surface area contributed by atoms with Gasteiger partial charge in [0.15, 0.2) is 0 Å². The summed E-state index contributed by atoms with van der Waals surface area (Å²) in [6.45, 7) is 1.63. The van der Waals surface area contributed by atoms with Gasteiger partial charge in [-0.25, -0.2) is 4.21 Å². The molecule has 0 aliphatic carbocycles. The molecule has 4 nitrogen and oxygen atoms in total. The largest absolute Gasteiger partial charge is 0.302 e. The Labute approximate surface area is 82.0 Å². The van der Waals surface area contributed by atoms with Crippen LogP contribution in [-0.2, 0) is 9.63 Å². The smallest absolute Gasteiger partial charge is 0.273 e. The van der Waals surface area contributed by atoms with Crippen LogP contribution in [0.4, 0.5) is 0 Å². The normalized spacial score (nSPS) is 14.4. The van der Waals surface area contributed by atoms with Crippen molar-refractivity contribution in [2.24, 2.45) is 0 Å². The zero-order valence-corrected chi connectivity index (χ0v) is 8.75. The average Bonchev–Trinajstić information content (AvgIpc) is 2.01. The highest BCUT2D eigenvalue weighted by Crippen LogP contribution is 2.21. The number of carbonyl (C=O) groups excluding carboxylic acids is 1. The minimum absolute atomic E-state index is 0.0667. The highest BCUT2D eigenvalue weighted by molar-refractivity contribution is 8.23. The summed E-state index contributed by atoms with van der Waals surface area (Å²) in [7, 11) is -5.14. The van der Waals surface area contributed by atoms with E-state index in [1.807, 2.05) is 0 Å². The van der Waals surface area contributed by atoms with Gasteiger partial charge < -0.3 is 9.11 Å². The van der Waals surface area contributed by atoms with Crippen molar-refractivity contribution < 1.29 is 18.1 Å². The van der Waals surface area contributed by atoms with Crippen molar-refractivity contribution >= 4 is 14.7 Å². The SMILES string of the molecule is Cc1ccccc1C(=O)S(C)(=O)(O)O. The Morgan fingerprint density at radius 1 is 1.29 bits per heavy atom. The second-order valence-corrected chi connectivity index (χ2v) is 6.17. The van der Waals surface area contributed by atoms with E-state index in [-0.39, 0.29) is 5.56 Å². The van der Waals surface area contributed by atoms with Gasteiger partial charge in [0.1, 0.15) is 9.63 Å². The van der Waals surface area contributed by atoms with Crippen LogP contribution in [0.3, 0.4) is 0 Å². The van der Waals surface area contributed by atoms with Gasteiger partial charge in [-0.2, -0.15) is 0 Å². The van der Waals surface area contributed by atoms with Crippen molar-refractivity contribution in [1.82, 2.24) is 0 Å². The first-order chi connectivity index (χ1) is 6.18. The molecule has 0 spiro atoms. The number of hydrogen-bond acceptors (Lipinski definition) is 2. The second-order valence-electron chi connectivity index (χ2n) is 3.33. The van der Waals surface area contributed by atoms with E-state index in [4.69, 9.17) is 9.11 Å². The average molecular weight is 216 g/mol. The predicted octanol–water partition coefficient (Wildman–Crippen LogP) is 1.53. The fourth-order valence-corrected chi connectivity index (χ4v) is 1.79. The van der Waals surface area contributed by atoms with Crippen LogP contribution < -0.4 is 0 Å². The minimum Gasteiger partial charge on any atom is -0.302 e. The van der Waals surface area contributed by atoms with Gasteiger partial charge in [0.2, 0.25) is 0 Å². The van der Waals surface area contributed by atoms with Crippen molar-refractivity contribution in [3.8, 4) is 0 Å². The predicted molar refractivity (Wildman–Crippen MR) is 54.8 cm³/mol. The van der Waals surface area contributed by atoms with Crippen LogP contribution >= 0.6 is 0 Å². The maximum Gasteiger partial charge on any atom is 0.273 e. The molecule has 0 atom stereocenters. The van der Waals surface area contributed by atoms with Crippen molar-refractivity contribution in [3.05, 3.63) is 35.4 Å². The lowest BCUT2D eigenvalue weighted by Gasteiger charge is -2.23. The molecule has 0 radical (unpaired) electrons. The lowest BCUT2D eigenvalue weighted by Crippen LogP contribution is -2.39. The Hall–Kier alpha value is -1.04. The monoisotopic (exact) mass is 216 g/mol. The third-order valence-corrected chi connectivity index (χ3v) is 2.87. The molecular formula is C9H12O4S. The van der Waals surface area contributed by atoms with Gasteiger partial charge in [-0.15, -0.1) is 0 Å². The highest BCUT2D eigenvalue weighted by Gasteiger charge is 2.35. The van der Waals surface area contributed by atoms with Crippen molar-refractivity contribution in [2.45, 2.75) is 6.92 Å². The molecular weight excluding hydrogens is 204 g/mol. The second kappa shape index (κ2) is 2.98. The molecule has 0 amide bonds. The Bertz CT molecular complexity index is 433. The van der Waals surface area contributed by atoms with Crippen molar-refractivity contribution in [3.63, 3.8) is 0 Å². The van der Waals surface area contributed by atoms with Crippen LogP contribution in [-0.4, -0.2) is 24.7 Å². The third-order valence-electron chi connectivity index (χ3n) is 1.79. The summed E-state index contributed by atoms with van der Waals surface area (Å²) in [4.78, 5) is 11.4. The van der Waals surface area contributed by atoms with Crippen LogP contribution in [0.2, 0.25) is 0 Å². The van der Waals surface area contributed by atoms with Crippen LogP contribution in [0.25, 0.3) is 0 Å². The van der Waals surface area contributed by atoms with Gasteiger partial charge in [0, 0.05) is 11.8 Å². The van der Waals surface area contributed by atoms with Gasteiger partial charge in [0.05, 0.1) is 0 Å². The van der Waals surface area contributed by atoms with Crippen LogP contribution in [0, 0.1) is 6.92 Å². The van der Waals surface area contributed by atoms with Crippen molar-refractivity contribution in [1.29, 1.82) is 0 Å². The molecule has 2 N–H and O–H groups in total. The Morgan fingerprint density at radius 3 is 2.21 bits per heavy atom. The summed E-state index contributed by atoms with van der Waals surface area (Å²) < 4.78 is 29.4. The lowest BCUT2D eigenvalue weighted by atomic mass is 10.1. The first-order valence-corrected chi connectivity index (χ1v) is 6.21. The summed E-state index contributed by atoms with van der Waals surface area (Å²) in [6.07, 6.45) is 0.631. The quantitative estimate of drug-likeness (QED) is 0.746. The fraction of sp³-hybridized carbons (Fsp3) is 0.222. The number of benzene rings is 1. The highest BCUT2D eigenvalue weighted by atomic mass is 32.3. The molecule has 0 aromatic heterocycles. The zero-order chi connectivity index (χ0) is 11.0. The summed E-state index contributed by atoms with van der Waals surface area (Å²) >= 11 is 0. The molecule has 0 fully saturated rings. The van der Waals surface area contributed by atoms with E-state index in [2.05, 4.69) is 0 Å². The van der Waals surface area contributed by atoms with E-state index in [0.717, 1.165) is 0 Å². The van der Waals surface area contributed by atoms with Gasteiger partial charge in [-0.1, -0.05) is 24.3 Å². The molecule has 0 heterocycles. The van der Waals surface area contributed by atoms with Crippen LogP contribution in [0.5, 0.6) is 0 Å². The minimum atomic E-state index is -5.14. The Balaban J connectivity index is 3.29. The third kappa shape index (κ3) is 2.25. The van der Waals surface area contributed by atoms with E-state index in [1.165, 1.54) is 6.07 Å². The molecule has 0 saturated heterocycles. The number of rotatable bonds is 1. The standard InChI is InChI=1S/C9H12O4S/c1-7-5-3-4-6-8(7)9(10)14(2,11,12)13/h3-6H,1-2H3,(H2,11,12,13). The zero-order valence-electron chi connectivity index (χ0n) is 7.93. The molecule has 0 bridgehead atoms. The van der Waals surface area contributed by atoms with E-state index in [0.29, 0.717) is 11.8 Å². The van der Waals surface area contributed by atoms with Crippen LogP contribution in [0.15, 0.2) is 24.3 Å². The maximum atomic E-state index is 11.4. The van der Waals surface area contributed by atoms with E-state index < -0.39 is 14.7 Å². The summed E-state index contributed by atoms with van der Waals surface area (Å²) in [5, 5.41) is -1.14. The summed E-state index contributed by atoms with van der Waals surface area (Å²) in [5.74, 6) is 0. The molecule has 14 heavy (non-hydrogen) atoms. The van der Waals surface area contributed by atoms with E-state index in [1.54, 1.807) is 25.1 Å². The van der Waals surface area contributed by atoms with Crippen molar-refractivity contribution in [2.75, 3.05) is 6.26 Å². The van der Waals surface area contributed by atoms with Gasteiger partial charge in [0.25, 0.3) is 5.12 Å². The summed E-state index contributed by atoms with van der Waals surface area (Å²) in [5.41, 5.74) is 0.623. The summed E-state index contributed by atoms with van der Waals surface area (Å²) in [6, 6.07) is 6.31. The topological polar surface area (TPSA) is 74.6 Å². The molecule has 0 saturated carbocycles. The molecule has 5 heteroatoms. The molecule has 1 aromatic carbocycles. The lowest BCUT2D eigenvalue weighted by molar-refractivity contribution is 0.104. The van der Waals surface area contributed by atoms with Gasteiger partial charge in [-0.05, 0) is 12.5 Å². The van der Waals surface area contributed by atoms with Crippen LogP contribution in [0.1, 0.15) is 15.9 Å².